The van der Waals surface area contributed by atoms with E-state index in [1.165, 1.54) is 58.3 Å². The van der Waals surface area contributed by atoms with Crippen molar-refractivity contribution >= 4 is 0 Å². The van der Waals surface area contributed by atoms with Gasteiger partial charge >= 0.3 is 0 Å². The Labute approximate surface area is 145 Å². The summed E-state index contributed by atoms with van der Waals surface area (Å²) in [5.74, 6) is 0. The molecule has 0 heterocycles. The van der Waals surface area contributed by atoms with Gasteiger partial charge in [-0.05, 0) is 38.5 Å². The fraction of sp³-hybridized carbons (Fsp3) is 1.00. The molecule has 0 spiro atoms. The standard InChI is InChI=1S/C19H44N2O2/c1-20(2,14-9-5-7-11-18-22)16-13-17-21(3,4)15-10-6-8-12-19-23/h22-23H,5-19H2,1-4H3/q+2. The summed E-state index contributed by atoms with van der Waals surface area (Å²) in [5.41, 5.74) is 0. The van der Waals surface area contributed by atoms with Crippen LogP contribution < -0.4 is 0 Å². The third kappa shape index (κ3) is 15.1. The zero-order valence-corrected chi connectivity index (χ0v) is 16.4. The van der Waals surface area contributed by atoms with Crippen LogP contribution in [0.3, 0.4) is 0 Å². The van der Waals surface area contributed by atoms with E-state index in [1.807, 2.05) is 0 Å². The van der Waals surface area contributed by atoms with Crippen molar-refractivity contribution in [3.05, 3.63) is 0 Å². The lowest BCUT2D eigenvalue weighted by atomic mass is 10.1. The van der Waals surface area contributed by atoms with Gasteiger partial charge in [0.2, 0.25) is 0 Å². The Morgan fingerprint density at radius 1 is 0.435 bits per heavy atom. The van der Waals surface area contributed by atoms with Crippen LogP contribution in [-0.2, 0) is 0 Å². The van der Waals surface area contributed by atoms with Crippen molar-refractivity contribution in [2.24, 2.45) is 0 Å². The molecule has 0 bridgehead atoms. The normalized spacial score (nSPS) is 12.8. The second-order valence-electron chi connectivity index (χ2n) is 8.40. The second-order valence-corrected chi connectivity index (χ2v) is 8.40. The fourth-order valence-electron chi connectivity index (χ4n) is 3.16. The highest BCUT2D eigenvalue weighted by atomic mass is 16.3. The molecule has 140 valence electrons. The highest BCUT2D eigenvalue weighted by Gasteiger charge is 2.19. The van der Waals surface area contributed by atoms with E-state index in [9.17, 15) is 0 Å². The first-order valence-corrected chi connectivity index (χ1v) is 9.69. The molecule has 0 rings (SSSR count). The van der Waals surface area contributed by atoms with Crippen LogP contribution >= 0.6 is 0 Å². The van der Waals surface area contributed by atoms with Gasteiger partial charge < -0.3 is 19.2 Å². The predicted octanol–water partition coefficient (Wildman–Crippen LogP) is 2.63. The number of unbranched alkanes of at least 4 members (excludes halogenated alkanes) is 6. The summed E-state index contributed by atoms with van der Waals surface area (Å²) in [6, 6.07) is 0. The van der Waals surface area contributed by atoms with Crippen molar-refractivity contribution in [1.29, 1.82) is 0 Å². The third-order valence-corrected chi connectivity index (χ3v) is 4.87. The van der Waals surface area contributed by atoms with E-state index in [2.05, 4.69) is 28.2 Å². The number of hydrogen-bond acceptors (Lipinski definition) is 2. The molecule has 4 nitrogen and oxygen atoms in total. The van der Waals surface area contributed by atoms with Gasteiger partial charge in [0, 0.05) is 19.6 Å². The Kier molecular flexibility index (Phi) is 13.1. The molecule has 4 heteroatoms. The largest absolute Gasteiger partial charge is 0.396 e. The summed E-state index contributed by atoms with van der Waals surface area (Å²) in [6.45, 7) is 5.69. The summed E-state index contributed by atoms with van der Waals surface area (Å²) >= 11 is 0. The maximum absolute atomic E-state index is 8.81. The van der Waals surface area contributed by atoms with Gasteiger partial charge in [-0.25, -0.2) is 0 Å². The molecule has 23 heavy (non-hydrogen) atoms. The van der Waals surface area contributed by atoms with Gasteiger partial charge in [-0.2, -0.15) is 0 Å². The number of nitrogens with zero attached hydrogens (tertiary/aromatic N) is 2. The zero-order chi connectivity index (χ0) is 17.6. The van der Waals surface area contributed by atoms with Gasteiger partial charge in [0.1, 0.15) is 0 Å². The van der Waals surface area contributed by atoms with E-state index in [4.69, 9.17) is 10.2 Å². The molecule has 0 aliphatic heterocycles. The molecular formula is C19H44N2O2+2. The van der Waals surface area contributed by atoms with Crippen molar-refractivity contribution in [2.75, 3.05) is 67.6 Å². The molecule has 0 aliphatic carbocycles. The maximum Gasteiger partial charge on any atom is 0.0836 e. The zero-order valence-electron chi connectivity index (χ0n) is 16.4. The van der Waals surface area contributed by atoms with Crippen molar-refractivity contribution in [2.45, 2.75) is 57.8 Å². The summed E-state index contributed by atoms with van der Waals surface area (Å²) in [6.07, 6.45) is 10.6. The van der Waals surface area contributed by atoms with Gasteiger partial charge in [-0.1, -0.05) is 12.8 Å². The molecule has 0 unspecified atom stereocenters. The van der Waals surface area contributed by atoms with E-state index in [0.29, 0.717) is 13.2 Å². The number of aliphatic hydroxyl groups is 2. The molecule has 2 N–H and O–H groups in total. The van der Waals surface area contributed by atoms with Crippen LogP contribution in [0.2, 0.25) is 0 Å². The minimum Gasteiger partial charge on any atom is -0.396 e. The van der Waals surface area contributed by atoms with E-state index in [0.717, 1.165) is 34.6 Å². The van der Waals surface area contributed by atoms with E-state index < -0.39 is 0 Å². The Bertz CT molecular complexity index is 242. The summed E-state index contributed by atoms with van der Waals surface area (Å²) in [4.78, 5) is 0. The van der Waals surface area contributed by atoms with Crippen LogP contribution in [0.25, 0.3) is 0 Å². The van der Waals surface area contributed by atoms with Crippen LogP contribution in [0.15, 0.2) is 0 Å². The van der Waals surface area contributed by atoms with E-state index >= 15 is 0 Å². The first-order chi connectivity index (χ1) is 10.8. The molecule has 0 saturated heterocycles. The molecule has 0 atom stereocenters. The molecule has 0 fully saturated rings. The highest BCUT2D eigenvalue weighted by molar-refractivity contribution is 4.46. The third-order valence-electron chi connectivity index (χ3n) is 4.87. The maximum atomic E-state index is 8.81. The second kappa shape index (κ2) is 13.2. The fourth-order valence-corrected chi connectivity index (χ4v) is 3.16. The summed E-state index contributed by atoms with van der Waals surface area (Å²) < 4.78 is 2.24. The summed E-state index contributed by atoms with van der Waals surface area (Å²) in [7, 11) is 9.39. The lowest BCUT2D eigenvalue weighted by Crippen LogP contribution is -2.46. The number of aliphatic hydroxyl groups excluding tert-OH is 2. The molecule has 0 amide bonds. The van der Waals surface area contributed by atoms with Gasteiger partial charge in [-0.3, -0.25) is 0 Å². The first kappa shape index (κ1) is 22.8. The smallest absolute Gasteiger partial charge is 0.0836 e. The van der Waals surface area contributed by atoms with Crippen LogP contribution in [0.1, 0.15) is 57.8 Å². The molecular weight excluding hydrogens is 288 g/mol. The van der Waals surface area contributed by atoms with Crippen molar-refractivity contribution < 1.29 is 19.2 Å². The number of rotatable bonds is 16. The Balaban J connectivity index is 3.74. The average Bonchev–Trinajstić information content (AvgIpc) is 2.46. The van der Waals surface area contributed by atoms with Crippen molar-refractivity contribution in [3.63, 3.8) is 0 Å². The van der Waals surface area contributed by atoms with Crippen LogP contribution in [-0.4, -0.2) is 86.8 Å². The van der Waals surface area contributed by atoms with Crippen molar-refractivity contribution in [3.8, 4) is 0 Å². The highest BCUT2D eigenvalue weighted by Crippen LogP contribution is 2.10. The molecule has 0 aromatic rings. The Morgan fingerprint density at radius 3 is 1.09 bits per heavy atom. The van der Waals surface area contributed by atoms with Crippen molar-refractivity contribution in [1.82, 2.24) is 0 Å². The van der Waals surface area contributed by atoms with Gasteiger partial charge in [0.25, 0.3) is 0 Å². The van der Waals surface area contributed by atoms with E-state index in [1.54, 1.807) is 0 Å². The van der Waals surface area contributed by atoms with E-state index in [-0.39, 0.29) is 0 Å². The molecule has 0 radical (unpaired) electrons. The number of quaternary nitrogens is 2. The molecule has 0 aromatic heterocycles. The SMILES string of the molecule is C[N+](C)(CCCCCCO)CCC[N+](C)(C)CCCCCCO. The van der Waals surface area contributed by atoms with Gasteiger partial charge in [0.15, 0.2) is 0 Å². The first-order valence-electron chi connectivity index (χ1n) is 9.69. The van der Waals surface area contributed by atoms with Crippen LogP contribution in [0, 0.1) is 0 Å². The quantitative estimate of drug-likeness (QED) is 0.337. The predicted molar refractivity (Wildman–Crippen MR) is 99.4 cm³/mol. The van der Waals surface area contributed by atoms with Gasteiger partial charge in [0.05, 0.1) is 54.4 Å². The topological polar surface area (TPSA) is 40.5 Å². The number of hydrogen-bond donors (Lipinski definition) is 2. The van der Waals surface area contributed by atoms with Crippen LogP contribution in [0.5, 0.6) is 0 Å². The Hall–Kier alpha value is -0.160. The monoisotopic (exact) mass is 332 g/mol. The minimum absolute atomic E-state index is 0.339. The molecule has 0 aromatic carbocycles. The minimum atomic E-state index is 0.339. The molecule has 0 aliphatic rings. The lowest BCUT2D eigenvalue weighted by Gasteiger charge is -2.33. The Morgan fingerprint density at radius 2 is 0.739 bits per heavy atom. The summed E-state index contributed by atoms with van der Waals surface area (Å²) in [5, 5.41) is 17.6. The lowest BCUT2D eigenvalue weighted by molar-refractivity contribution is -0.909. The van der Waals surface area contributed by atoms with Gasteiger partial charge in [-0.15, -0.1) is 0 Å². The average molecular weight is 333 g/mol. The molecule has 0 saturated carbocycles. The van der Waals surface area contributed by atoms with Crippen LogP contribution in [0.4, 0.5) is 0 Å².